The van der Waals surface area contributed by atoms with Crippen LogP contribution in [0.3, 0.4) is 0 Å². The second-order valence-electron chi connectivity index (χ2n) is 6.81. The van der Waals surface area contributed by atoms with Gasteiger partial charge in [-0.15, -0.1) is 0 Å². The maximum atomic E-state index is 13.7. The summed E-state index contributed by atoms with van der Waals surface area (Å²) >= 11 is 0. The third-order valence-corrected chi connectivity index (χ3v) is 4.94. The Hall–Kier alpha value is -1.52. The number of rotatable bonds is 8. The Morgan fingerprint density at radius 1 is 1.04 bits per heavy atom. The fourth-order valence-corrected chi connectivity index (χ4v) is 3.54. The van der Waals surface area contributed by atoms with Crippen LogP contribution in [0.5, 0.6) is 5.75 Å². The summed E-state index contributed by atoms with van der Waals surface area (Å²) in [6, 6.07) is 2.20. The van der Waals surface area contributed by atoms with Gasteiger partial charge in [-0.2, -0.15) is 8.78 Å². The van der Waals surface area contributed by atoms with Crippen LogP contribution in [0.1, 0.15) is 57.4 Å². The van der Waals surface area contributed by atoms with Gasteiger partial charge < -0.3 is 4.74 Å². The van der Waals surface area contributed by atoms with Gasteiger partial charge in [-0.05, 0) is 68.1 Å². The molecule has 1 aromatic carbocycles. The van der Waals surface area contributed by atoms with Gasteiger partial charge in [0, 0.05) is 0 Å². The van der Waals surface area contributed by atoms with Crippen LogP contribution in [0.15, 0.2) is 24.3 Å². The predicted octanol–water partition coefficient (Wildman–Crippen LogP) is 6.66. The van der Waals surface area contributed by atoms with Crippen molar-refractivity contribution in [1.82, 2.24) is 0 Å². The van der Waals surface area contributed by atoms with E-state index >= 15 is 0 Å². The van der Waals surface area contributed by atoms with Gasteiger partial charge in [-0.25, -0.2) is 8.78 Å². The quantitative estimate of drug-likeness (QED) is 0.373. The van der Waals surface area contributed by atoms with Crippen LogP contribution >= 0.6 is 0 Å². The number of aryl methyl sites for hydroxylation is 1. The number of halogens is 4. The highest BCUT2D eigenvalue weighted by molar-refractivity contribution is 5.31. The molecule has 1 fully saturated rings. The minimum absolute atomic E-state index is 0.490. The zero-order chi connectivity index (χ0) is 18.2. The molecule has 2 rings (SSSR count). The monoisotopic (exact) mass is 358 g/mol. The van der Waals surface area contributed by atoms with Crippen LogP contribution < -0.4 is 4.74 Å². The molecule has 0 heterocycles. The Balaban J connectivity index is 1.81. The zero-order valence-corrected chi connectivity index (χ0v) is 14.6. The van der Waals surface area contributed by atoms with Crippen LogP contribution in [-0.4, -0.2) is 6.61 Å². The molecule has 0 saturated heterocycles. The van der Waals surface area contributed by atoms with Gasteiger partial charge in [0.05, 0.1) is 0 Å². The Bertz CT molecular complexity index is 540. The molecule has 0 bridgehead atoms. The Kier molecular flexibility index (Phi) is 7.79. The minimum atomic E-state index is -3.24. The molecule has 0 aromatic heterocycles. The molecule has 1 nitrogen and oxygen atoms in total. The second kappa shape index (κ2) is 9.83. The lowest BCUT2D eigenvalue weighted by Gasteiger charge is -2.28. The van der Waals surface area contributed by atoms with Crippen LogP contribution in [0.2, 0.25) is 0 Å². The minimum Gasteiger partial charge on any atom is -0.429 e. The summed E-state index contributed by atoms with van der Waals surface area (Å²) in [5.41, 5.74) is 0.490. The Labute approximate surface area is 147 Å². The molecule has 0 unspecified atom stereocenters. The Morgan fingerprint density at radius 2 is 1.64 bits per heavy atom. The topological polar surface area (TPSA) is 9.23 Å². The number of allylic oxidation sites excluding steroid dienone is 2. The van der Waals surface area contributed by atoms with Crippen LogP contribution in [-0.2, 0) is 6.42 Å². The van der Waals surface area contributed by atoms with E-state index < -0.39 is 24.0 Å². The summed E-state index contributed by atoms with van der Waals surface area (Å²) in [6.45, 7) is -1.11. The van der Waals surface area contributed by atoms with Gasteiger partial charge in [-0.3, -0.25) is 0 Å². The van der Waals surface area contributed by atoms with E-state index in [0.717, 1.165) is 50.2 Å². The van der Waals surface area contributed by atoms with E-state index in [-0.39, 0.29) is 0 Å². The van der Waals surface area contributed by atoms with E-state index in [1.165, 1.54) is 12.8 Å². The molecule has 0 spiro atoms. The van der Waals surface area contributed by atoms with Crippen LogP contribution in [0, 0.1) is 23.5 Å². The molecule has 0 N–H and O–H groups in total. The summed E-state index contributed by atoms with van der Waals surface area (Å²) in [7, 11) is 0. The Morgan fingerprint density at radius 3 is 2.20 bits per heavy atom. The van der Waals surface area contributed by atoms with Crippen molar-refractivity contribution >= 4 is 0 Å². The first-order valence-electron chi connectivity index (χ1n) is 9.07. The first-order valence-corrected chi connectivity index (χ1v) is 9.07. The molecule has 5 heteroatoms. The SMILES string of the molecule is CCC=CCC1CCC(CCc2cc(F)c(OC(F)F)c(F)c2)CC1. The first-order chi connectivity index (χ1) is 12.0. The van der Waals surface area contributed by atoms with Crippen LogP contribution in [0.25, 0.3) is 0 Å². The summed E-state index contributed by atoms with van der Waals surface area (Å²) in [4.78, 5) is 0. The number of alkyl halides is 2. The summed E-state index contributed by atoms with van der Waals surface area (Å²) in [5.74, 6) is -1.82. The molecule has 1 aliphatic rings. The fourth-order valence-electron chi connectivity index (χ4n) is 3.54. The van der Waals surface area contributed by atoms with Gasteiger partial charge in [0.25, 0.3) is 0 Å². The lowest BCUT2D eigenvalue weighted by molar-refractivity contribution is -0.0546. The lowest BCUT2D eigenvalue weighted by atomic mass is 9.78. The first kappa shape index (κ1) is 19.8. The molecule has 0 radical (unpaired) electrons. The molecule has 0 amide bonds. The number of hydrogen-bond donors (Lipinski definition) is 0. The molecule has 1 saturated carbocycles. The molecule has 0 aliphatic heterocycles. The number of ether oxygens (including phenoxy) is 1. The lowest BCUT2D eigenvalue weighted by Crippen LogP contribution is -2.15. The summed E-state index contributed by atoms with van der Waals surface area (Å²) < 4.78 is 55.6. The maximum absolute atomic E-state index is 13.7. The van der Waals surface area contributed by atoms with Crippen molar-refractivity contribution in [2.45, 2.75) is 64.9 Å². The molecule has 140 valence electrons. The standard InChI is InChI=1S/C20H26F4O/c1-2-3-4-5-14-6-8-15(9-7-14)10-11-16-12-17(21)19(18(22)13-16)25-20(23)24/h3-4,12-15,20H,2,5-11H2,1H3. The summed E-state index contributed by atoms with van der Waals surface area (Å²) in [5, 5.41) is 0. The van der Waals surface area contributed by atoms with E-state index in [2.05, 4.69) is 23.8 Å². The number of benzene rings is 1. The maximum Gasteiger partial charge on any atom is 0.387 e. The summed E-state index contributed by atoms with van der Waals surface area (Å²) in [6.07, 6.45) is 12.8. The number of hydrogen-bond acceptors (Lipinski definition) is 1. The van der Waals surface area contributed by atoms with E-state index in [1.54, 1.807) is 0 Å². The van der Waals surface area contributed by atoms with Gasteiger partial charge in [-0.1, -0.05) is 31.9 Å². The third kappa shape index (κ3) is 6.37. The molecule has 0 atom stereocenters. The van der Waals surface area contributed by atoms with Crippen molar-refractivity contribution < 1.29 is 22.3 Å². The highest BCUT2D eigenvalue weighted by atomic mass is 19.3. The van der Waals surface area contributed by atoms with Gasteiger partial charge in [0.1, 0.15) is 0 Å². The van der Waals surface area contributed by atoms with Gasteiger partial charge in [0.15, 0.2) is 17.4 Å². The van der Waals surface area contributed by atoms with Crippen molar-refractivity contribution in [1.29, 1.82) is 0 Å². The molecular formula is C20H26F4O. The van der Waals surface area contributed by atoms with E-state index in [0.29, 0.717) is 17.9 Å². The molecule has 1 aromatic rings. The van der Waals surface area contributed by atoms with E-state index in [1.807, 2.05) is 0 Å². The normalized spacial score (nSPS) is 21.2. The average molecular weight is 358 g/mol. The van der Waals surface area contributed by atoms with E-state index in [4.69, 9.17) is 0 Å². The van der Waals surface area contributed by atoms with E-state index in [9.17, 15) is 17.6 Å². The largest absolute Gasteiger partial charge is 0.429 e. The van der Waals surface area contributed by atoms with Crippen molar-refractivity contribution in [3.8, 4) is 5.75 Å². The molecule has 25 heavy (non-hydrogen) atoms. The van der Waals surface area contributed by atoms with Crippen molar-refractivity contribution in [2.75, 3.05) is 0 Å². The van der Waals surface area contributed by atoms with Crippen molar-refractivity contribution in [2.24, 2.45) is 11.8 Å². The highest BCUT2D eigenvalue weighted by Crippen LogP contribution is 2.34. The zero-order valence-electron chi connectivity index (χ0n) is 14.6. The van der Waals surface area contributed by atoms with Crippen molar-refractivity contribution in [3.63, 3.8) is 0 Å². The van der Waals surface area contributed by atoms with Gasteiger partial charge in [0.2, 0.25) is 0 Å². The average Bonchev–Trinajstić information content (AvgIpc) is 2.57. The molecular weight excluding hydrogens is 332 g/mol. The smallest absolute Gasteiger partial charge is 0.387 e. The molecule has 1 aliphatic carbocycles. The third-order valence-electron chi connectivity index (χ3n) is 4.94. The highest BCUT2D eigenvalue weighted by Gasteiger charge is 2.21. The van der Waals surface area contributed by atoms with Gasteiger partial charge >= 0.3 is 6.61 Å². The van der Waals surface area contributed by atoms with Crippen molar-refractivity contribution in [3.05, 3.63) is 41.5 Å². The second-order valence-corrected chi connectivity index (χ2v) is 6.81. The predicted molar refractivity (Wildman–Crippen MR) is 90.8 cm³/mol. The fraction of sp³-hybridized carbons (Fsp3) is 0.600. The van der Waals surface area contributed by atoms with Crippen LogP contribution in [0.4, 0.5) is 17.6 Å².